The summed E-state index contributed by atoms with van der Waals surface area (Å²) in [5.41, 5.74) is 0.610. The van der Waals surface area contributed by atoms with Gasteiger partial charge in [0.05, 0.1) is 6.10 Å². The van der Waals surface area contributed by atoms with Gasteiger partial charge in [-0.15, -0.1) is 0 Å². The van der Waals surface area contributed by atoms with E-state index in [0.717, 1.165) is 21.9 Å². The van der Waals surface area contributed by atoms with Crippen LogP contribution in [-0.4, -0.2) is 24.8 Å². The normalized spacial score (nSPS) is 20.2. The number of benzene rings is 4. The van der Waals surface area contributed by atoms with Gasteiger partial charge in [-0.1, -0.05) is 112 Å². The highest BCUT2D eigenvalue weighted by atomic mass is 28.4. The van der Waals surface area contributed by atoms with Crippen LogP contribution in [0.4, 0.5) is 0 Å². The van der Waals surface area contributed by atoms with Gasteiger partial charge in [-0.25, -0.2) is 0 Å². The van der Waals surface area contributed by atoms with Crippen LogP contribution in [0.3, 0.4) is 0 Å². The fraction of sp³-hybridized carbons (Fsp3) is 0.281. The highest BCUT2D eigenvalue weighted by Crippen LogP contribution is 2.46. The topological polar surface area (TPSA) is 46.5 Å². The molecule has 0 saturated carbocycles. The lowest BCUT2D eigenvalue weighted by Gasteiger charge is -2.47. The third-order valence-corrected chi connectivity index (χ3v) is 12.8. The average Bonchev–Trinajstić information content (AvgIpc) is 2.86. The van der Waals surface area contributed by atoms with Crippen LogP contribution < -0.4 is 10.4 Å². The summed E-state index contributed by atoms with van der Waals surface area (Å²) in [5, 5.41) is 16.0. The summed E-state index contributed by atoms with van der Waals surface area (Å²) in [5.74, 6) is -0.211. The van der Waals surface area contributed by atoms with Gasteiger partial charge in [0.1, 0.15) is 5.60 Å². The first-order chi connectivity index (χ1) is 17.1. The average molecular weight is 495 g/mol. The van der Waals surface area contributed by atoms with Crippen molar-refractivity contribution in [3.63, 3.8) is 0 Å². The van der Waals surface area contributed by atoms with Crippen molar-refractivity contribution in [3.05, 3.63) is 108 Å². The Morgan fingerprint density at radius 1 is 0.861 bits per heavy atom. The van der Waals surface area contributed by atoms with Crippen molar-refractivity contribution in [2.24, 2.45) is 0 Å². The van der Waals surface area contributed by atoms with Gasteiger partial charge in [0.2, 0.25) is 0 Å². The molecule has 0 fully saturated rings. The van der Waals surface area contributed by atoms with E-state index in [9.17, 15) is 9.90 Å². The monoisotopic (exact) mass is 494 g/mol. The molecule has 0 saturated heterocycles. The van der Waals surface area contributed by atoms with E-state index in [1.807, 2.05) is 24.3 Å². The quantitative estimate of drug-likeness (QED) is 0.361. The minimum Gasteiger partial charge on any atom is -0.400 e. The van der Waals surface area contributed by atoms with E-state index < -0.39 is 20.0 Å². The number of ketones is 1. The standard InChI is InChI=1S/C32H34O3Si/c1-23(33)32(34)21-26-19-24-13-11-12-14-25(24)20-29(26)30(22-32)35-36(31(2,3)4,27-15-7-5-8-16-27)28-17-9-6-10-18-28/h5-20,30,34H,21-22H2,1-4H3/t30-,32-/m0/s1. The van der Waals surface area contributed by atoms with Crippen molar-refractivity contribution in [2.75, 3.05) is 0 Å². The zero-order chi connectivity index (χ0) is 25.6. The lowest BCUT2D eigenvalue weighted by atomic mass is 9.76. The number of Topliss-reactive ketones (excluding diaryl/α,β-unsaturated/α-hetero) is 1. The maximum Gasteiger partial charge on any atom is 0.261 e. The van der Waals surface area contributed by atoms with Gasteiger partial charge in [0.25, 0.3) is 8.32 Å². The Bertz CT molecular complexity index is 1350. The number of carbonyl (C=O) groups is 1. The van der Waals surface area contributed by atoms with Crippen molar-refractivity contribution in [1.82, 2.24) is 0 Å². The smallest absolute Gasteiger partial charge is 0.261 e. The lowest BCUT2D eigenvalue weighted by Crippen LogP contribution is -2.67. The molecule has 0 unspecified atom stereocenters. The van der Waals surface area contributed by atoms with Gasteiger partial charge in [0, 0.05) is 12.8 Å². The van der Waals surface area contributed by atoms with Crippen LogP contribution in [0.25, 0.3) is 10.8 Å². The second kappa shape index (κ2) is 9.11. The van der Waals surface area contributed by atoms with Crippen molar-refractivity contribution in [3.8, 4) is 0 Å². The van der Waals surface area contributed by atoms with Crippen LogP contribution in [0.5, 0.6) is 0 Å². The second-order valence-corrected chi connectivity index (χ2v) is 15.4. The summed E-state index contributed by atoms with van der Waals surface area (Å²) in [4.78, 5) is 12.7. The SMILES string of the molecule is CC(=O)[C@]1(O)Cc2cc3ccccc3cc2[C@@H](O[Si](c2ccccc2)(c2ccccc2)C(C)(C)C)C1. The van der Waals surface area contributed by atoms with Gasteiger partial charge in [-0.3, -0.25) is 4.79 Å². The molecule has 5 rings (SSSR count). The molecule has 0 spiro atoms. The van der Waals surface area contributed by atoms with E-state index in [1.165, 1.54) is 17.3 Å². The predicted octanol–water partition coefficient (Wildman–Crippen LogP) is 5.72. The van der Waals surface area contributed by atoms with Crippen LogP contribution in [0.15, 0.2) is 97.1 Å². The molecule has 0 radical (unpaired) electrons. The van der Waals surface area contributed by atoms with Crippen molar-refractivity contribution >= 4 is 35.2 Å². The van der Waals surface area contributed by atoms with Gasteiger partial charge in [-0.05, 0) is 50.3 Å². The number of carbonyl (C=O) groups excluding carboxylic acids is 1. The number of hydrogen-bond acceptors (Lipinski definition) is 3. The van der Waals surface area contributed by atoms with Crippen LogP contribution in [0.2, 0.25) is 5.04 Å². The summed E-state index contributed by atoms with van der Waals surface area (Å²) < 4.78 is 7.46. The minimum absolute atomic E-state index is 0.210. The Kier molecular flexibility index (Phi) is 6.23. The largest absolute Gasteiger partial charge is 0.400 e. The third kappa shape index (κ3) is 4.13. The van der Waals surface area contributed by atoms with Crippen LogP contribution >= 0.6 is 0 Å². The van der Waals surface area contributed by atoms with E-state index in [4.69, 9.17) is 4.43 Å². The van der Waals surface area contributed by atoms with E-state index in [0.29, 0.717) is 6.42 Å². The molecule has 36 heavy (non-hydrogen) atoms. The molecule has 3 nitrogen and oxygen atoms in total. The van der Waals surface area contributed by atoms with Gasteiger partial charge in [0.15, 0.2) is 5.78 Å². The maximum absolute atomic E-state index is 12.7. The minimum atomic E-state index is -2.89. The molecule has 1 aliphatic rings. The summed E-state index contributed by atoms with van der Waals surface area (Å²) in [6, 6.07) is 33.6. The molecule has 0 amide bonds. The molecule has 2 atom stereocenters. The molecule has 0 aliphatic heterocycles. The van der Waals surface area contributed by atoms with Gasteiger partial charge >= 0.3 is 0 Å². The summed E-state index contributed by atoms with van der Waals surface area (Å²) in [6.07, 6.45) is 0.139. The third-order valence-electron chi connectivity index (χ3n) is 7.75. The summed E-state index contributed by atoms with van der Waals surface area (Å²) >= 11 is 0. The highest BCUT2D eigenvalue weighted by molar-refractivity contribution is 6.99. The number of rotatable bonds is 5. The predicted molar refractivity (Wildman–Crippen MR) is 149 cm³/mol. The summed E-state index contributed by atoms with van der Waals surface area (Å²) in [7, 11) is -2.89. The molecule has 0 heterocycles. The van der Waals surface area contributed by atoms with E-state index in [1.54, 1.807) is 0 Å². The van der Waals surface area contributed by atoms with E-state index >= 15 is 0 Å². The first-order valence-electron chi connectivity index (χ1n) is 12.7. The van der Waals surface area contributed by atoms with Gasteiger partial charge < -0.3 is 9.53 Å². The van der Waals surface area contributed by atoms with Crippen molar-refractivity contribution < 1.29 is 14.3 Å². The fourth-order valence-electron chi connectivity index (χ4n) is 5.84. The van der Waals surface area contributed by atoms with Crippen molar-refractivity contribution in [1.29, 1.82) is 0 Å². The van der Waals surface area contributed by atoms with Crippen LogP contribution in [0, 0.1) is 0 Å². The molecule has 1 N–H and O–H groups in total. The fourth-order valence-corrected chi connectivity index (χ4v) is 10.5. The summed E-state index contributed by atoms with van der Waals surface area (Å²) in [6.45, 7) is 8.24. The Labute approximate surface area is 214 Å². The van der Waals surface area contributed by atoms with Gasteiger partial charge in [-0.2, -0.15) is 0 Å². The van der Waals surface area contributed by atoms with E-state index in [-0.39, 0.29) is 17.2 Å². The molecule has 0 bridgehead atoms. The zero-order valence-electron chi connectivity index (χ0n) is 21.5. The first kappa shape index (κ1) is 24.6. The van der Waals surface area contributed by atoms with Crippen LogP contribution in [0.1, 0.15) is 51.3 Å². The molecular weight excluding hydrogens is 460 g/mol. The zero-order valence-corrected chi connectivity index (χ0v) is 22.5. The number of fused-ring (bicyclic) bond motifs is 2. The Balaban J connectivity index is 1.75. The molecule has 0 aromatic heterocycles. The molecular formula is C32H34O3Si. The maximum atomic E-state index is 12.7. The highest BCUT2D eigenvalue weighted by Gasteiger charge is 2.53. The molecule has 4 aromatic rings. The molecule has 1 aliphatic carbocycles. The van der Waals surface area contributed by atoms with Crippen LogP contribution in [-0.2, 0) is 15.6 Å². The Morgan fingerprint density at radius 3 is 1.86 bits per heavy atom. The molecule has 4 aromatic carbocycles. The lowest BCUT2D eigenvalue weighted by molar-refractivity contribution is -0.139. The molecule has 4 heteroatoms. The number of hydrogen-bond donors (Lipinski definition) is 1. The van der Waals surface area contributed by atoms with Crippen molar-refractivity contribution in [2.45, 2.75) is 57.3 Å². The first-order valence-corrected chi connectivity index (χ1v) is 14.6. The number of aliphatic hydroxyl groups is 1. The Morgan fingerprint density at radius 2 is 1.36 bits per heavy atom. The second-order valence-electron chi connectivity index (χ2n) is 11.1. The molecule has 184 valence electrons. The van der Waals surface area contributed by atoms with E-state index in [2.05, 4.69) is 93.6 Å². The Hall–Kier alpha value is -3.05.